The maximum atomic E-state index is 4.26. The normalized spacial score (nSPS) is 11.0. The molecule has 0 bridgehead atoms. The van der Waals surface area contributed by atoms with Crippen LogP contribution in [0.15, 0.2) is 55.1 Å². The standard InChI is InChI=1S/C18H18N2S/c1-13(2)9-16-10-17(14-5-3-7-19-11-14)21-18(16)15-6-4-8-20-12-15/h3-8,10-13H,9H2,1-2H3. The van der Waals surface area contributed by atoms with Gasteiger partial charge in [0, 0.05) is 45.7 Å². The summed E-state index contributed by atoms with van der Waals surface area (Å²) in [6.07, 6.45) is 8.59. The molecular formula is C18H18N2S. The largest absolute Gasteiger partial charge is 0.264 e. The molecule has 106 valence electrons. The van der Waals surface area contributed by atoms with Gasteiger partial charge in [0.15, 0.2) is 0 Å². The minimum absolute atomic E-state index is 0.636. The van der Waals surface area contributed by atoms with E-state index >= 15 is 0 Å². The SMILES string of the molecule is CC(C)Cc1cc(-c2cccnc2)sc1-c1cccnc1. The van der Waals surface area contributed by atoms with Gasteiger partial charge in [0.05, 0.1) is 0 Å². The van der Waals surface area contributed by atoms with E-state index in [9.17, 15) is 0 Å². The molecule has 0 saturated carbocycles. The van der Waals surface area contributed by atoms with Gasteiger partial charge in [-0.3, -0.25) is 9.97 Å². The molecule has 2 nitrogen and oxygen atoms in total. The zero-order chi connectivity index (χ0) is 14.7. The molecule has 3 heteroatoms. The van der Waals surface area contributed by atoms with Gasteiger partial charge in [-0.1, -0.05) is 26.0 Å². The van der Waals surface area contributed by atoms with Crippen LogP contribution in [0.5, 0.6) is 0 Å². The number of hydrogen-bond acceptors (Lipinski definition) is 3. The van der Waals surface area contributed by atoms with Crippen LogP contribution in [-0.2, 0) is 6.42 Å². The Bertz CT molecular complexity index is 703. The molecule has 0 aromatic carbocycles. The van der Waals surface area contributed by atoms with Crippen LogP contribution in [-0.4, -0.2) is 9.97 Å². The van der Waals surface area contributed by atoms with Gasteiger partial charge in [0.25, 0.3) is 0 Å². The van der Waals surface area contributed by atoms with Crippen LogP contribution in [0, 0.1) is 5.92 Å². The van der Waals surface area contributed by atoms with E-state index in [0.29, 0.717) is 5.92 Å². The van der Waals surface area contributed by atoms with Gasteiger partial charge in [-0.2, -0.15) is 0 Å². The molecule has 0 saturated heterocycles. The van der Waals surface area contributed by atoms with E-state index in [2.05, 4.69) is 42.0 Å². The number of aromatic nitrogens is 2. The third-order valence-electron chi connectivity index (χ3n) is 3.31. The fourth-order valence-corrected chi connectivity index (χ4v) is 3.58. The number of rotatable bonds is 4. The van der Waals surface area contributed by atoms with Crippen molar-refractivity contribution in [2.45, 2.75) is 20.3 Å². The first kappa shape index (κ1) is 14.0. The van der Waals surface area contributed by atoms with Gasteiger partial charge in [-0.05, 0) is 36.1 Å². The van der Waals surface area contributed by atoms with E-state index in [1.807, 2.05) is 48.3 Å². The van der Waals surface area contributed by atoms with Gasteiger partial charge in [0.1, 0.15) is 0 Å². The van der Waals surface area contributed by atoms with E-state index in [-0.39, 0.29) is 0 Å². The molecule has 3 rings (SSSR count). The lowest BCUT2D eigenvalue weighted by Gasteiger charge is -2.05. The third kappa shape index (κ3) is 3.19. The van der Waals surface area contributed by atoms with Crippen molar-refractivity contribution in [3.8, 4) is 20.9 Å². The summed E-state index contributed by atoms with van der Waals surface area (Å²) in [5, 5.41) is 0. The molecule has 0 fully saturated rings. The molecule has 0 aliphatic rings. The van der Waals surface area contributed by atoms with Crippen molar-refractivity contribution in [3.63, 3.8) is 0 Å². The van der Waals surface area contributed by atoms with Gasteiger partial charge in [0.2, 0.25) is 0 Å². The molecule has 3 aromatic heterocycles. The van der Waals surface area contributed by atoms with Gasteiger partial charge < -0.3 is 0 Å². The maximum Gasteiger partial charge on any atom is 0.0396 e. The number of pyridine rings is 2. The summed E-state index contributed by atoms with van der Waals surface area (Å²) in [7, 11) is 0. The monoisotopic (exact) mass is 294 g/mol. The first-order valence-electron chi connectivity index (χ1n) is 7.17. The Morgan fingerprint density at radius 2 is 1.67 bits per heavy atom. The summed E-state index contributed by atoms with van der Waals surface area (Å²) in [5.74, 6) is 0.636. The molecule has 0 aliphatic carbocycles. The summed E-state index contributed by atoms with van der Waals surface area (Å²) in [6, 6.07) is 10.5. The smallest absolute Gasteiger partial charge is 0.0396 e. The van der Waals surface area contributed by atoms with Crippen LogP contribution in [0.3, 0.4) is 0 Å². The van der Waals surface area contributed by atoms with Crippen LogP contribution in [0.25, 0.3) is 20.9 Å². The van der Waals surface area contributed by atoms with Gasteiger partial charge in [-0.25, -0.2) is 0 Å². The van der Waals surface area contributed by atoms with Gasteiger partial charge in [-0.15, -0.1) is 11.3 Å². The Kier molecular flexibility index (Phi) is 4.11. The lowest BCUT2D eigenvalue weighted by Crippen LogP contribution is -1.93. The van der Waals surface area contributed by atoms with Crippen molar-refractivity contribution < 1.29 is 0 Å². The second-order valence-electron chi connectivity index (χ2n) is 5.55. The van der Waals surface area contributed by atoms with Crippen LogP contribution in [0.4, 0.5) is 0 Å². The Balaban J connectivity index is 2.07. The Morgan fingerprint density at radius 3 is 2.24 bits per heavy atom. The lowest BCUT2D eigenvalue weighted by molar-refractivity contribution is 0.649. The van der Waals surface area contributed by atoms with Crippen LogP contribution >= 0.6 is 11.3 Å². The average Bonchev–Trinajstić information content (AvgIpc) is 2.92. The third-order valence-corrected chi connectivity index (χ3v) is 4.58. The Labute approximate surface area is 129 Å². The van der Waals surface area contributed by atoms with Crippen molar-refractivity contribution in [3.05, 3.63) is 60.7 Å². The maximum absolute atomic E-state index is 4.26. The van der Waals surface area contributed by atoms with E-state index in [4.69, 9.17) is 0 Å². The molecule has 0 atom stereocenters. The fraction of sp³-hybridized carbons (Fsp3) is 0.222. The van der Waals surface area contributed by atoms with Crippen molar-refractivity contribution in [2.24, 2.45) is 5.92 Å². The van der Waals surface area contributed by atoms with Crippen LogP contribution < -0.4 is 0 Å². The highest BCUT2D eigenvalue weighted by Gasteiger charge is 2.13. The molecule has 0 N–H and O–H groups in total. The summed E-state index contributed by atoms with van der Waals surface area (Å²) in [5.41, 5.74) is 3.79. The first-order chi connectivity index (χ1) is 10.2. The second kappa shape index (κ2) is 6.19. The highest BCUT2D eigenvalue weighted by atomic mass is 32.1. The van der Waals surface area contributed by atoms with E-state index in [1.165, 1.54) is 26.4 Å². The van der Waals surface area contributed by atoms with Crippen molar-refractivity contribution in [2.75, 3.05) is 0 Å². The Morgan fingerprint density at radius 1 is 1.00 bits per heavy atom. The van der Waals surface area contributed by atoms with Crippen molar-refractivity contribution >= 4 is 11.3 Å². The lowest BCUT2D eigenvalue weighted by atomic mass is 10.0. The molecule has 0 spiro atoms. The number of nitrogens with zero attached hydrogens (tertiary/aromatic N) is 2. The van der Waals surface area contributed by atoms with E-state index < -0.39 is 0 Å². The zero-order valence-electron chi connectivity index (χ0n) is 12.3. The van der Waals surface area contributed by atoms with Crippen molar-refractivity contribution in [1.82, 2.24) is 9.97 Å². The van der Waals surface area contributed by atoms with Crippen LogP contribution in [0.2, 0.25) is 0 Å². The number of thiophene rings is 1. The molecule has 3 heterocycles. The summed E-state index contributed by atoms with van der Waals surface area (Å²) in [6.45, 7) is 4.52. The average molecular weight is 294 g/mol. The summed E-state index contributed by atoms with van der Waals surface area (Å²) < 4.78 is 0. The molecule has 3 aromatic rings. The molecule has 21 heavy (non-hydrogen) atoms. The molecule has 0 amide bonds. The summed E-state index contributed by atoms with van der Waals surface area (Å²) >= 11 is 1.83. The molecule has 0 unspecified atom stereocenters. The second-order valence-corrected chi connectivity index (χ2v) is 6.60. The van der Waals surface area contributed by atoms with E-state index in [1.54, 1.807) is 0 Å². The minimum Gasteiger partial charge on any atom is -0.264 e. The first-order valence-corrected chi connectivity index (χ1v) is 7.99. The van der Waals surface area contributed by atoms with Crippen LogP contribution in [0.1, 0.15) is 19.4 Å². The highest BCUT2D eigenvalue weighted by Crippen LogP contribution is 2.38. The predicted molar refractivity (Wildman–Crippen MR) is 89.3 cm³/mol. The van der Waals surface area contributed by atoms with E-state index in [0.717, 1.165) is 6.42 Å². The molecule has 0 radical (unpaired) electrons. The number of hydrogen-bond donors (Lipinski definition) is 0. The van der Waals surface area contributed by atoms with Crippen molar-refractivity contribution in [1.29, 1.82) is 0 Å². The zero-order valence-corrected chi connectivity index (χ0v) is 13.1. The van der Waals surface area contributed by atoms with Gasteiger partial charge >= 0.3 is 0 Å². The quantitative estimate of drug-likeness (QED) is 0.671. The Hall–Kier alpha value is -2.00. The topological polar surface area (TPSA) is 25.8 Å². The predicted octanol–water partition coefficient (Wildman–Crippen LogP) is 5.07. The molecule has 0 aliphatic heterocycles. The summed E-state index contributed by atoms with van der Waals surface area (Å²) in [4.78, 5) is 11.1. The minimum atomic E-state index is 0.636. The highest BCUT2D eigenvalue weighted by molar-refractivity contribution is 7.19. The molecular weight excluding hydrogens is 276 g/mol. The fourth-order valence-electron chi connectivity index (χ4n) is 2.41.